The largest absolute Gasteiger partial charge is 0.497 e. The predicted octanol–water partition coefficient (Wildman–Crippen LogP) is 2.58. The highest BCUT2D eigenvalue weighted by molar-refractivity contribution is 5.29. The SMILES string of the molecule is COc1ccc(C2CCN(CC(O)C3CCN(C)CC3)CC2)cc1. The summed E-state index contributed by atoms with van der Waals surface area (Å²) < 4.78 is 5.24. The van der Waals surface area contributed by atoms with Gasteiger partial charge in [0, 0.05) is 6.54 Å². The number of β-amino-alcohol motifs (C(OH)–C–C–N with tert-alkyl or cyclic N) is 1. The molecule has 4 heteroatoms. The highest BCUT2D eigenvalue weighted by Gasteiger charge is 2.27. The molecule has 2 heterocycles. The van der Waals surface area contributed by atoms with Crippen molar-refractivity contribution in [1.29, 1.82) is 0 Å². The second-order valence-electron chi connectivity index (χ2n) is 7.56. The van der Waals surface area contributed by atoms with Crippen LogP contribution in [0.2, 0.25) is 0 Å². The Bertz CT molecular complexity index is 489. The zero-order chi connectivity index (χ0) is 16.9. The summed E-state index contributed by atoms with van der Waals surface area (Å²) in [7, 11) is 3.88. The summed E-state index contributed by atoms with van der Waals surface area (Å²) in [6.07, 6.45) is 4.50. The Balaban J connectivity index is 1.44. The third-order valence-electron chi connectivity index (χ3n) is 5.93. The first-order chi connectivity index (χ1) is 11.7. The monoisotopic (exact) mass is 332 g/mol. The van der Waals surface area contributed by atoms with Gasteiger partial charge in [-0.2, -0.15) is 0 Å². The predicted molar refractivity (Wildman–Crippen MR) is 97.6 cm³/mol. The van der Waals surface area contributed by atoms with Crippen molar-refractivity contribution >= 4 is 0 Å². The van der Waals surface area contributed by atoms with Crippen molar-refractivity contribution in [3.8, 4) is 5.75 Å². The summed E-state index contributed by atoms with van der Waals surface area (Å²) in [5, 5.41) is 10.6. The van der Waals surface area contributed by atoms with Crippen molar-refractivity contribution in [3.05, 3.63) is 29.8 Å². The molecule has 134 valence electrons. The van der Waals surface area contributed by atoms with Crippen LogP contribution in [0.1, 0.15) is 37.2 Å². The molecule has 2 saturated heterocycles. The van der Waals surface area contributed by atoms with E-state index in [1.54, 1.807) is 7.11 Å². The molecule has 1 aromatic rings. The summed E-state index contributed by atoms with van der Waals surface area (Å²) in [6, 6.07) is 8.52. The molecule has 0 aromatic heterocycles. The van der Waals surface area contributed by atoms with E-state index in [0.717, 1.165) is 51.3 Å². The molecule has 0 saturated carbocycles. The smallest absolute Gasteiger partial charge is 0.118 e. The topological polar surface area (TPSA) is 35.9 Å². The lowest BCUT2D eigenvalue weighted by Crippen LogP contribution is -2.43. The highest BCUT2D eigenvalue weighted by atomic mass is 16.5. The van der Waals surface area contributed by atoms with E-state index >= 15 is 0 Å². The maximum Gasteiger partial charge on any atom is 0.118 e. The molecule has 2 fully saturated rings. The molecule has 2 aliphatic heterocycles. The molecule has 0 amide bonds. The summed E-state index contributed by atoms with van der Waals surface area (Å²) >= 11 is 0. The third kappa shape index (κ3) is 4.50. The Labute approximate surface area is 146 Å². The number of ether oxygens (including phenoxy) is 1. The van der Waals surface area contributed by atoms with E-state index in [1.165, 1.54) is 18.4 Å². The Morgan fingerprint density at radius 3 is 2.25 bits per heavy atom. The minimum Gasteiger partial charge on any atom is -0.497 e. The standard InChI is InChI=1S/C20H32N2O2/c1-21-11-7-18(8-12-21)20(23)15-22-13-9-17(10-14-22)16-3-5-19(24-2)6-4-16/h3-6,17-18,20,23H,7-15H2,1-2H3. The first kappa shape index (κ1) is 17.7. The molecule has 0 radical (unpaired) electrons. The van der Waals surface area contributed by atoms with Crippen molar-refractivity contribution in [3.63, 3.8) is 0 Å². The fraction of sp³-hybridized carbons (Fsp3) is 0.700. The second-order valence-corrected chi connectivity index (χ2v) is 7.56. The van der Waals surface area contributed by atoms with Gasteiger partial charge in [-0.3, -0.25) is 0 Å². The van der Waals surface area contributed by atoms with Crippen LogP contribution >= 0.6 is 0 Å². The number of hydrogen-bond donors (Lipinski definition) is 1. The lowest BCUT2D eigenvalue weighted by Gasteiger charge is -2.37. The number of piperidine rings is 2. The second kappa shape index (κ2) is 8.32. The fourth-order valence-corrected chi connectivity index (χ4v) is 4.15. The van der Waals surface area contributed by atoms with Gasteiger partial charge in [-0.1, -0.05) is 12.1 Å². The highest BCUT2D eigenvalue weighted by Crippen LogP contribution is 2.30. The Morgan fingerprint density at radius 1 is 1.04 bits per heavy atom. The average Bonchev–Trinajstić information content (AvgIpc) is 2.63. The molecule has 1 N–H and O–H groups in total. The van der Waals surface area contributed by atoms with Gasteiger partial charge in [0.15, 0.2) is 0 Å². The van der Waals surface area contributed by atoms with Crippen LogP contribution in [0.5, 0.6) is 5.75 Å². The lowest BCUT2D eigenvalue weighted by atomic mass is 9.88. The number of hydrogen-bond acceptors (Lipinski definition) is 4. The molecule has 3 rings (SSSR count). The van der Waals surface area contributed by atoms with E-state index in [9.17, 15) is 5.11 Å². The van der Waals surface area contributed by atoms with Gasteiger partial charge in [0.05, 0.1) is 13.2 Å². The fourth-order valence-electron chi connectivity index (χ4n) is 4.15. The maximum atomic E-state index is 10.6. The number of aliphatic hydroxyl groups is 1. The van der Waals surface area contributed by atoms with Crippen LogP contribution < -0.4 is 4.74 Å². The minimum atomic E-state index is -0.156. The zero-order valence-electron chi connectivity index (χ0n) is 15.2. The van der Waals surface area contributed by atoms with E-state index in [2.05, 4.69) is 41.1 Å². The molecule has 1 unspecified atom stereocenters. The van der Waals surface area contributed by atoms with Crippen molar-refractivity contribution in [2.24, 2.45) is 5.92 Å². The van der Waals surface area contributed by atoms with Gasteiger partial charge in [0.25, 0.3) is 0 Å². The van der Waals surface area contributed by atoms with Crippen LogP contribution in [-0.4, -0.2) is 67.9 Å². The number of aliphatic hydroxyl groups excluding tert-OH is 1. The molecular weight excluding hydrogens is 300 g/mol. The first-order valence-electron chi connectivity index (χ1n) is 9.38. The van der Waals surface area contributed by atoms with E-state index in [-0.39, 0.29) is 6.10 Å². The quantitative estimate of drug-likeness (QED) is 0.899. The van der Waals surface area contributed by atoms with Crippen molar-refractivity contribution in [2.45, 2.75) is 37.7 Å². The van der Waals surface area contributed by atoms with Crippen LogP contribution in [0.4, 0.5) is 0 Å². The summed E-state index contributed by atoms with van der Waals surface area (Å²) in [4.78, 5) is 4.83. The van der Waals surface area contributed by atoms with Crippen LogP contribution in [0, 0.1) is 5.92 Å². The normalized spacial score (nSPS) is 23.3. The molecule has 24 heavy (non-hydrogen) atoms. The molecule has 0 spiro atoms. The molecule has 0 bridgehead atoms. The van der Waals surface area contributed by atoms with Crippen molar-refractivity contribution < 1.29 is 9.84 Å². The molecule has 4 nitrogen and oxygen atoms in total. The lowest BCUT2D eigenvalue weighted by molar-refractivity contribution is 0.0294. The van der Waals surface area contributed by atoms with E-state index in [0.29, 0.717) is 11.8 Å². The third-order valence-corrected chi connectivity index (χ3v) is 5.93. The maximum absolute atomic E-state index is 10.6. The van der Waals surface area contributed by atoms with Gasteiger partial charge in [0.2, 0.25) is 0 Å². The van der Waals surface area contributed by atoms with Crippen LogP contribution in [0.3, 0.4) is 0 Å². The Kier molecular flexibility index (Phi) is 6.14. The Morgan fingerprint density at radius 2 is 1.67 bits per heavy atom. The van der Waals surface area contributed by atoms with Crippen LogP contribution in [-0.2, 0) is 0 Å². The summed E-state index contributed by atoms with van der Waals surface area (Å²) in [6.45, 7) is 5.30. The number of nitrogens with zero attached hydrogens (tertiary/aromatic N) is 2. The number of rotatable bonds is 5. The number of likely N-dealkylation sites (tertiary alicyclic amines) is 2. The van der Waals surface area contributed by atoms with Gasteiger partial charge in [-0.15, -0.1) is 0 Å². The Hall–Kier alpha value is -1.10. The molecule has 0 aliphatic carbocycles. The van der Waals surface area contributed by atoms with E-state index in [1.807, 2.05) is 0 Å². The van der Waals surface area contributed by atoms with E-state index in [4.69, 9.17) is 4.74 Å². The van der Waals surface area contributed by atoms with Crippen molar-refractivity contribution in [2.75, 3.05) is 46.9 Å². The molecule has 1 atom stereocenters. The molecule has 2 aliphatic rings. The van der Waals surface area contributed by atoms with Gasteiger partial charge < -0.3 is 19.6 Å². The van der Waals surface area contributed by atoms with E-state index < -0.39 is 0 Å². The first-order valence-corrected chi connectivity index (χ1v) is 9.38. The molecule has 1 aromatic carbocycles. The minimum absolute atomic E-state index is 0.156. The van der Waals surface area contributed by atoms with Gasteiger partial charge in [0.1, 0.15) is 5.75 Å². The zero-order valence-corrected chi connectivity index (χ0v) is 15.2. The van der Waals surface area contributed by atoms with Crippen LogP contribution in [0.25, 0.3) is 0 Å². The summed E-state index contributed by atoms with van der Waals surface area (Å²) in [5.41, 5.74) is 1.42. The van der Waals surface area contributed by atoms with Gasteiger partial charge in [-0.25, -0.2) is 0 Å². The van der Waals surface area contributed by atoms with Crippen molar-refractivity contribution in [1.82, 2.24) is 9.80 Å². The molecular formula is C20H32N2O2. The van der Waals surface area contributed by atoms with Gasteiger partial charge in [-0.05, 0) is 88.4 Å². The number of benzene rings is 1. The van der Waals surface area contributed by atoms with Gasteiger partial charge >= 0.3 is 0 Å². The average molecular weight is 332 g/mol. The van der Waals surface area contributed by atoms with Crippen LogP contribution in [0.15, 0.2) is 24.3 Å². The number of methoxy groups -OCH3 is 1. The summed E-state index contributed by atoms with van der Waals surface area (Å²) in [5.74, 6) is 2.06.